The molecule has 0 heterocycles. The molecule has 1 heteroatoms. The maximum Gasteiger partial charge on any atom is 0.0954 e. The fourth-order valence-electron chi connectivity index (χ4n) is 4.33. The van der Waals surface area contributed by atoms with Crippen molar-refractivity contribution < 1.29 is 0 Å². The van der Waals surface area contributed by atoms with Gasteiger partial charge in [-0.1, -0.05) is 133 Å². The number of benzene rings is 5. The first-order valence-corrected chi connectivity index (χ1v) is 12.1. The molecule has 5 aromatic rings. The van der Waals surface area contributed by atoms with Gasteiger partial charge in [0.05, 0.1) is 4.75 Å². The van der Waals surface area contributed by atoms with Crippen LogP contribution in [0.4, 0.5) is 0 Å². The van der Waals surface area contributed by atoms with Gasteiger partial charge in [-0.3, -0.25) is 0 Å². The van der Waals surface area contributed by atoms with E-state index in [1.807, 2.05) is 11.8 Å². The third-order valence-electron chi connectivity index (χ3n) is 6.05. The number of hydrogen-bond donors (Lipinski definition) is 0. The van der Waals surface area contributed by atoms with Crippen LogP contribution >= 0.6 is 11.8 Å². The summed E-state index contributed by atoms with van der Waals surface area (Å²) in [6, 6.07) is 50.2. The normalized spacial score (nSPS) is 11.3. The van der Waals surface area contributed by atoms with Gasteiger partial charge in [0.2, 0.25) is 0 Å². The quantitative estimate of drug-likeness (QED) is 0.187. The van der Waals surface area contributed by atoms with Crippen molar-refractivity contribution in [3.8, 4) is 11.1 Å². The zero-order valence-corrected chi connectivity index (χ0v) is 19.5. The summed E-state index contributed by atoms with van der Waals surface area (Å²) in [6.45, 7) is 2.12. The molecule has 33 heavy (non-hydrogen) atoms. The van der Waals surface area contributed by atoms with Crippen LogP contribution in [0.1, 0.15) is 22.3 Å². The van der Waals surface area contributed by atoms with Crippen LogP contribution in [0.5, 0.6) is 0 Å². The van der Waals surface area contributed by atoms with Crippen molar-refractivity contribution in [3.63, 3.8) is 0 Å². The predicted molar refractivity (Wildman–Crippen MR) is 142 cm³/mol. The van der Waals surface area contributed by atoms with Crippen molar-refractivity contribution in [1.82, 2.24) is 0 Å². The Labute approximate surface area is 201 Å². The molecule has 0 bridgehead atoms. The molecular weight excluding hydrogens is 416 g/mol. The largest absolute Gasteiger partial charge is 0.105 e. The van der Waals surface area contributed by atoms with Crippen LogP contribution in [0, 0.1) is 6.92 Å². The molecule has 160 valence electrons. The smallest absolute Gasteiger partial charge is 0.0954 e. The highest BCUT2D eigenvalue weighted by Crippen LogP contribution is 2.51. The van der Waals surface area contributed by atoms with Gasteiger partial charge in [-0.25, -0.2) is 0 Å². The lowest BCUT2D eigenvalue weighted by Gasteiger charge is -2.35. The molecule has 0 aliphatic heterocycles. The van der Waals surface area contributed by atoms with Crippen molar-refractivity contribution >= 4 is 11.8 Å². The van der Waals surface area contributed by atoms with Crippen LogP contribution in [0.25, 0.3) is 11.1 Å². The fraction of sp³-hybridized carbons (Fsp3) is 0.0625. The zero-order valence-electron chi connectivity index (χ0n) is 18.7. The Bertz CT molecular complexity index is 1190. The third kappa shape index (κ3) is 4.37. The monoisotopic (exact) mass is 442 g/mol. The number of aryl methyl sites for hydroxylation is 1. The van der Waals surface area contributed by atoms with Crippen molar-refractivity contribution in [2.24, 2.45) is 0 Å². The van der Waals surface area contributed by atoms with E-state index in [2.05, 4.69) is 146 Å². The Balaban J connectivity index is 1.63. The van der Waals surface area contributed by atoms with E-state index in [4.69, 9.17) is 0 Å². The highest BCUT2D eigenvalue weighted by molar-refractivity contribution is 8.00. The first kappa shape index (κ1) is 21.3. The second-order valence-corrected chi connectivity index (χ2v) is 9.56. The molecule has 0 aliphatic rings. The van der Waals surface area contributed by atoms with Crippen molar-refractivity contribution in [3.05, 3.63) is 162 Å². The molecule has 0 atom stereocenters. The predicted octanol–water partition coefficient (Wildman–Crippen LogP) is 8.75. The van der Waals surface area contributed by atoms with Crippen LogP contribution in [-0.2, 0) is 4.75 Å². The molecule has 0 radical (unpaired) electrons. The fourth-order valence-corrected chi connectivity index (χ4v) is 5.72. The molecule has 5 aromatic carbocycles. The van der Waals surface area contributed by atoms with Gasteiger partial charge in [0.25, 0.3) is 0 Å². The van der Waals surface area contributed by atoms with Crippen molar-refractivity contribution in [1.29, 1.82) is 0 Å². The SMILES string of the molecule is Cc1ccc(-c2ccc(SC(c3ccccc3)(c3ccccc3)c3ccccc3)cc2)cc1. The Hall–Kier alpha value is -3.55. The average Bonchev–Trinajstić information content (AvgIpc) is 2.90. The molecule has 0 aromatic heterocycles. The van der Waals surface area contributed by atoms with E-state index in [0.717, 1.165) is 0 Å². The number of rotatable bonds is 6. The van der Waals surface area contributed by atoms with Crippen molar-refractivity contribution in [2.75, 3.05) is 0 Å². The standard InChI is InChI=1S/C32H26S/c1-25-17-19-26(20-18-25)27-21-23-31(24-22-27)33-32(28-11-5-2-6-12-28,29-13-7-3-8-14-29)30-15-9-4-10-16-30/h2-24H,1H3. The molecule has 0 spiro atoms. The van der Waals surface area contributed by atoms with E-state index in [0.29, 0.717) is 0 Å². The van der Waals surface area contributed by atoms with E-state index in [9.17, 15) is 0 Å². The van der Waals surface area contributed by atoms with Gasteiger partial charge in [0.15, 0.2) is 0 Å². The summed E-state index contributed by atoms with van der Waals surface area (Å²) in [7, 11) is 0. The molecule has 5 rings (SSSR count). The summed E-state index contributed by atoms with van der Waals surface area (Å²) in [6.07, 6.45) is 0. The lowest BCUT2D eigenvalue weighted by atomic mass is 9.84. The summed E-state index contributed by atoms with van der Waals surface area (Å²) in [5.41, 5.74) is 7.59. The van der Waals surface area contributed by atoms with Gasteiger partial charge >= 0.3 is 0 Å². The second kappa shape index (κ2) is 9.52. The average molecular weight is 443 g/mol. The molecular formula is C32H26S. The van der Waals surface area contributed by atoms with Gasteiger partial charge < -0.3 is 0 Å². The van der Waals surface area contributed by atoms with Gasteiger partial charge in [-0.2, -0.15) is 0 Å². The molecule has 0 unspecified atom stereocenters. The van der Waals surface area contributed by atoms with E-state index in [1.165, 1.54) is 38.3 Å². The Morgan fingerprint density at radius 2 is 0.788 bits per heavy atom. The lowest BCUT2D eigenvalue weighted by Crippen LogP contribution is -2.25. The molecule has 0 saturated carbocycles. The highest BCUT2D eigenvalue weighted by Gasteiger charge is 2.37. The molecule has 0 aliphatic carbocycles. The van der Waals surface area contributed by atoms with E-state index in [-0.39, 0.29) is 4.75 Å². The molecule has 0 saturated heterocycles. The first-order valence-electron chi connectivity index (χ1n) is 11.3. The summed E-state index contributed by atoms with van der Waals surface area (Å²) in [4.78, 5) is 1.24. The molecule has 0 nitrogen and oxygen atoms in total. The maximum atomic E-state index is 2.25. The number of hydrogen-bond acceptors (Lipinski definition) is 1. The Morgan fingerprint density at radius 1 is 0.424 bits per heavy atom. The van der Waals surface area contributed by atoms with Crippen LogP contribution in [0.3, 0.4) is 0 Å². The van der Waals surface area contributed by atoms with Gasteiger partial charge in [-0.15, -0.1) is 11.8 Å². The minimum absolute atomic E-state index is 0.352. The first-order chi connectivity index (χ1) is 16.3. The summed E-state index contributed by atoms with van der Waals surface area (Å²) < 4.78 is -0.352. The van der Waals surface area contributed by atoms with Gasteiger partial charge in [0, 0.05) is 4.90 Å². The Morgan fingerprint density at radius 3 is 1.18 bits per heavy atom. The van der Waals surface area contributed by atoms with E-state index >= 15 is 0 Å². The summed E-state index contributed by atoms with van der Waals surface area (Å²) in [5.74, 6) is 0. The second-order valence-electron chi connectivity index (χ2n) is 8.27. The zero-order chi connectivity index (χ0) is 22.5. The van der Waals surface area contributed by atoms with Crippen LogP contribution in [0.2, 0.25) is 0 Å². The minimum atomic E-state index is -0.352. The van der Waals surface area contributed by atoms with Crippen LogP contribution in [-0.4, -0.2) is 0 Å². The molecule has 0 N–H and O–H groups in total. The number of thioether (sulfide) groups is 1. The van der Waals surface area contributed by atoms with Crippen molar-refractivity contribution in [2.45, 2.75) is 16.6 Å². The lowest BCUT2D eigenvalue weighted by molar-refractivity contribution is 0.894. The van der Waals surface area contributed by atoms with Crippen LogP contribution in [0.15, 0.2) is 144 Å². The minimum Gasteiger partial charge on any atom is -0.105 e. The Kier molecular flexibility index (Phi) is 6.15. The topological polar surface area (TPSA) is 0 Å². The summed E-state index contributed by atoms with van der Waals surface area (Å²) >= 11 is 1.90. The third-order valence-corrected chi connectivity index (χ3v) is 7.57. The van der Waals surface area contributed by atoms with E-state index in [1.54, 1.807) is 0 Å². The van der Waals surface area contributed by atoms with Gasteiger partial charge in [-0.05, 0) is 46.9 Å². The van der Waals surface area contributed by atoms with Gasteiger partial charge in [0.1, 0.15) is 0 Å². The molecule has 0 fully saturated rings. The van der Waals surface area contributed by atoms with E-state index < -0.39 is 0 Å². The summed E-state index contributed by atoms with van der Waals surface area (Å²) in [5, 5.41) is 0. The maximum absolute atomic E-state index is 2.25. The highest BCUT2D eigenvalue weighted by atomic mass is 32.2. The van der Waals surface area contributed by atoms with Crippen LogP contribution < -0.4 is 0 Å². The molecule has 0 amide bonds.